The van der Waals surface area contributed by atoms with Crippen molar-refractivity contribution in [1.82, 2.24) is 4.90 Å². The van der Waals surface area contributed by atoms with Crippen LogP contribution >= 0.6 is 0 Å². The molecule has 32 heavy (non-hydrogen) atoms. The maximum atomic E-state index is 12.8. The molecular weight excluding hydrogens is 410 g/mol. The molecule has 6 rings (SSSR count). The van der Waals surface area contributed by atoms with E-state index in [2.05, 4.69) is 4.90 Å². The number of rotatable bonds is 3. The fourth-order valence-electron chi connectivity index (χ4n) is 6.38. The zero-order valence-corrected chi connectivity index (χ0v) is 17.7. The quantitative estimate of drug-likeness (QED) is 0.634. The molecule has 7 heteroatoms. The lowest BCUT2D eigenvalue weighted by Gasteiger charge is -2.61. The lowest BCUT2D eigenvalue weighted by molar-refractivity contribution is -0.172. The number of esters is 1. The van der Waals surface area contributed by atoms with Crippen LogP contribution in [0.3, 0.4) is 0 Å². The molecule has 0 aromatic heterocycles. The van der Waals surface area contributed by atoms with Gasteiger partial charge in [0.05, 0.1) is 11.0 Å². The molecule has 1 saturated heterocycles. The van der Waals surface area contributed by atoms with Crippen molar-refractivity contribution in [3.63, 3.8) is 0 Å². The van der Waals surface area contributed by atoms with Crippen molar-refractivity contribution in [3.8, 4) is 11.5 Å². The summed E-state index contributed by atoms with van der Waals surface area (Å²) >= 11 is 0. The minimum absolute atomic E-state index is 0.0160. The monoisotopic (exact) mass is 435 g/mol. The molecule has 0 amide bonds. The van der Waals surface area contributed by atoms with Crippen LogP contribution in [-0.4, -0.2) is 57.5 Å². The zero-order valence-electron chi connectivity index (χ0n) is 17.7. The summed E-state index contributed by atoms with van der Waals surface area (Å²) < 4.78 is 12.0. The lowest BCUT2D eigenvalue weighted by Crippen LogP contribution is -2.74. The number of carbonyl (C=O) groups is 1. The second kappa shape index (κ2) is 6.57. The van der Waals surface area contributed by atoms with E-state index >= 15 is 0 Å². The van der Waals surface area contributed by atoms with Crippen LogP contribution in [0, 0.1) is 0 Å². The van der Waals surface area contributed by atoms with Gasteiger partial charge in [-0.05, 0) is 49.7 Å². The van der Waals surface area contributed by atoms with Crippen molar-refractivity contribution in [1.29, 1.82) is 0 Å². The number of ether oxygens (including phenoxy) is 2. The van der Waals surface area contributed by atoms with Crippen molar-refractivity contribution < 1.29 is 29.6 Å². The van der Waals surface area contributed by atoms with Crippen molar-refractivity contribution >= 4 is 5.97 Å². The third-order valence-electron chi connectivity index (χ3n) is 7.91. The SMILES string of the molecule is CN1CC[C@]23c4c5ccc(O)c4O[C@H]2C(OC(=O)[C@@H](O)c2ccccc2)=CC[C@]3(O)C1C5. The van der Waals surface area contributed by atoms with Crippen molar-refractivity contribution in [3.05, 3.63) is 71.0 Å². The van der Waals surface area contributed by atoms with E-state index in [1.165, 1.54) is 0 Å². The number of likely N-dealkylation sites (N-methyl/N-ethyl adjacent to an activating group) is 1. The normalized spacial score (nSPS) is 33.0. The second-order valence-electron chi connectivity index (χ2n) is 9.34. The molecule has 5 atom stereocenters. The maximum Gasteiger partial charge on any atom is 0.344 e. The number of aromatic hydroxyl groups is 1. The van der Waals surface area contributed by atoms with E-state index in [0.29, 0.717) is 30.6 Å². The van der Waals surface area contributed by atoms with Crippen LogP contribution in [0.2, 0.25) is 0 Å². The van der Waals surface area contributed by atoms with E-state index in [4.69, 9.17) is 9.47 Å². The summed E-state index contributed by atoms with van der Waals surface area (Å²) in [6.07, 6.45) is 1.06. The highest BCUT2D eigenvalue weighted by molar-refractivity contribution is 5.77. The Hall–Kier alpha value is -2.87. The average Bonchev–Trinajstić information content (AvgIpc) is 3.16. The van der Waals surface area contributed by atoms with E-state index < -0.39 is 29.2 Å². The van der Waals surface area contributed by atoms with Crippen LogP contribution in [0.15, 0.2) is 54.3 Å². The topological polar surface area (TPSA) is 99.5 Å². The predicted octanol–water partition coefficient (Wildman–Crippen LogP) is 1.95. The summed E-state index contributed by atoms with van der Waals surface area (Å²) in [5.41, 5.74) is 0.368. The number of phenolic OH excluding ortho intramolecular Hbond substituents is 1. The van der Waals surface area contributed by atoms with Gasteiger partial charge in [-0.15, -0.1) is 0 Å². The predicted molar refractivity (Wildman–Crippen MR) is 114 cm³/mol. The summed E-state index contributed by atoms with van der Waals surface area (Å²) in [4.78, 5) is 15.0. The molecule has 0 radical (unpaired) electrons. The van der Waals surface area contributed by atoms with Crippen molar-refractivity contribution in [2.24, 2.45) is 0 Å². The van der Waals surface area contributed by atoms with E-state index in [-0.39, 0.29) is 17.6 Å². The summed E-state index contributed by atoms with van der Waals surface area (Å²) in [5, 5.41) is 33.1. The molecule has 2 heterocycles. The molecule has 2 aromatic rings. The molecule has 2 aliphatic carbocycles. The average molecular weight is 435 g/mol. The zero-order chi connectivity index (χ0) is 22.3. The molecule has 2 bridgehead atoms. The van der Waals surface area contributed by atoms with Gasteiger partial charge in [0.1, 0.15) is 5.76 Å². The Bertz CT molecular complexity index is 1150. The van der Waals surface area contributed by atoms with Gasteiger partial charge in [0.25, 0.3) is 0 Å². The Labute approximate surface area is 185 Å². The van der Waals surface area contributed by atoms with Crippen molar-refractivity contribution in [2.75, 3.05) is 13.6 Å². The van der Waals surface area contributed by atoms with Gasteiger partial charge >= 0.3 is 5.97 Å². The number of carbonyl (C=O) groups excluding carboxylic acids is 1. The standard InChI is InChI=1S/C25H25NO6/c1-26-12-11-24-19-15-7-8-16(27)21(19)32-22(24)17(9-10-25(24,30)18(26)13-15)31-23(29)20(28)14-5-3-2-4-6-14/h2-9,18,20,22,27-28,30H,10-13H2,1H3/t18?,20-,22-,24-,25-/m0/s1. The third kappa shape index (κ3) is 2.33. The highest BCUT2D eigenvalue weighted by Gasteiger charge is 2.72. The lowest BCUT2D eigenvalue weighted by atomic mass is 9.50. The third-order valence-corrected chi connectivity index (χ3v) is 7.91. The highest BCUT2D eigenvalue weighted by atomic mass is 16.6. The molecular formula is C25H25NO6. The number of piperidine rings is 1. The Balaban J connectivity index is 1.43. The molecule has 166 valence electrons. The van der Waals surface area contributed by atoms with Crippen LogP contribution < -0.4 is 4.74 Å². The Morgan fingerprint density at radius 3 is 2.81 bits per heavy atom. The van der Waals surface area contributed by atoms with Gasteiger partial charge in [-0.1, -0.05) is 36.4 Å². The first-order valence-corrected chi connectivity index (χ1v) is 11.0. The van der Waals surface area contributed by atoms with Crippen LogP contribution in [0.4, 0.5) is 0 Å². The number of phenols is 1. The van der Waals surface area contributed by atoms with E-state index in [1.807, 2.05) is 13.1 Å². The summed E-state index contributed by atoms with van der Waals surface area (Å²) in [6.45, 7) is 0.745. The number of likely N-dealkylation sites (tertiary alicyclic amines) is 1. The van der Waals surface area contributed by atoms with E-state index in [1.54, 1.807) is 42.5 Å². The number of nitrogens with zero attached hydrogens (tertiary/aromatic N) is 1. The first-order chi connectivity index (χ1) is 15.4. The molecule has 1 fully saturated rings. The van der Waals surface area contributed by atoms with Crippen LogP contribution in [0.25, 0.3) is 0 Å². The van der Waals surface area contributed by atoms with Gasteiger partial charge in [0.15, 0.2) is 23.7 Å². The first-order valence-electron chi connectivity index (χ1n) is 11.0. The Morgan fingerprint density at radius 1 is 1.25 bits per heavy atom. The number of hydrogen-bond acceptors (Lipinski definition) is 7. The fraction of sp³-hybridized carbons (Fsp3) is 0.400. The number of aliphatic hydroxyl groups is 2. The maximum absolute atomic E-state index is 12.8. The minimum Gasteiger partial charge on any atom is -0.504 e. The van der Waals surface area contributed by atoms with Gasteiger partial charge < -0.3 is 29.7 Å². The van der Waals surface area contributed by atoms with Gasteiger partial charge in [0.2, 0.25) is 0 Å². The number of hydrogen-bond donors (Lipinski definition) is 3. The highest BCUT2D eigenvalue weighted by Crippen LogP contribution is 2.65. The van der Waals surface area contributed by atoms with Crippen molar-refractivity contribution in [2.45, 2.75) is 48.5 Å². The first kappa shape index (κ1) is 19.8. The van der Waals surface area contributed by atoms with Crippen LogP contribution in [0.5, 0.6) is 11.5 Å². The van der Waals surface area contributed by atoms with Crippen LogP contribution in [-0.2, 0) is 21.4 Å². The molecule has 1 spiro atoms. The molecule has 0 saturated carbocycles. The number of benzene rings is 2. The Morgan fingerprint density at radius 2 is 2.03 bits per heavy atom. The van der Waals surface area contributed by atoms with Gasteiger partial charge in [-0.25, -0.2) is 4.79 Å². The summed E-state index contributed by atoms with van der Waals surface area (Å²) in [6, 6.07) is 12.0. The molecule has 1 unspecified atom stereocenters. The minimum atomic E-state index is -1.43. The smallest absolute Gasteiger partial charge is 0.344 e. The van der Waals surface area contributed by atoms with E-state index in [9.17, 15) is 20.1 Å². The largest absolute Gasteiger partial charge is 0.504 e. The summed E-state index contributed by atoms with van der Waals surface area (Å²) in [5.74, 6) is -0.140. The van der Waals surface area contributed by atoms with Gasteiger partial charge in [0, 0.05) is 18.0 Å². The fourth-order valence-corrected chi connectivity index (χ4v) is 6.38. The van der Waals surface area contributed by atoms with Gasteiger partial charge in [-0.3, -0.25) is 0 Å². The molecule has 7 nitrogen and oxygen atoms in total. The summed E-state index contributed by atoms with van der Waals surface area (Å²) in [7, 11) is 2.02. The second-order valence-corrected chi connectivity index (χ2v) is 9.34. The molecule has 3 N–H and O–H groups in total. The number of aliphatic hydroxyl groups excluding tert-OH is 1. The van der Waals surface area contributed by atoms with E-state index in [0.717, 1.165) is 17.7 Å². The molecule has 4 aliphatic rings. The Kier molecular flexibility index (Phi) is 4.06. The molecule has 2 aromatic carbocycles. The molecule has 2 aliphatic heterocycles. The van der Waals surface area contributed by atoms with Gasteiger partial charge in [-0.2, -0.15) is 0 Å². The van der Waals surface area contributed by atoms with Crippen LogP contribution in [0.1, 0.15) is 35.6 Å².